The number of ether oxygens (including phenoxy) is 1. The van der Waals surface area contributed by atoms with Gasteiger partial charge in [0.1, 0.15) is 24.5 Å². The third-order valence-corrected chi connectivity index (χ3v) is 3.67. The Morgan fingerprint density at radius 2 is 2.24 bits per heavy atom. The van der Waals surface area contributed by atoms with Gasteiger partial charge in [-0.1, -0.05) is 6.07 Å². The quantitative estimate of drug-likeness (QED) is 0.751. The van der Waals surface area contributed by atoms with Gasteiger partial charge in [0.2, 0.25) is 5.90 Å². The minimum atomic E-state index is -3.61. The van der Waals surface area contributed by atoms with Gasteiger partial charge in [-0.25, -0.2) is 4.99 Å². The van der Waals surface area contributed by atoms with E-state index in [1.165, 1.54) is 0 Å². The maximum absolute atomic E-state index is 10.9. The number of aliphatic hydroxyl groups excluding tert-OH is 1. The van der Waals surface area contributed by atoms with Crippen LogP contribution in [0, 0.1) is 6.92 Å². The Kier molecular flexibility index (Phi) is 4.50. The number of aromatic hydroxyl groups is 1. The first kappa shape index (κ1) is 15.7. The lowest BCUT2D eigenvalue weighted by molar-refractivity contribution is 0.0796. The van der Waals surface area contributed by atoms with Crippen LogP contribution in [0.3, 0.4) is 0 Å². The molecule has 0 bridgehead atoms. The third kappa shape index (κ3) is 3.93. The second-order valence-corrected chi connectivity index (χ2v) is 6.46. The van der Waals surface area contributed by atoms with E-state index in [2.05, 4.69) is 9.18 Å². The smallest absolute Gasteiger partial charge is 0.264 e. The van der Waals surface area contributed by atoms with E-state index in [-0.39, 0.29) is 19.0 Å². The van der Waals surface area contributed by atoms with Crippen molar-refractivity contribution in [2.45, 2.75) is 19.1 Å². The fourth-order valence-electron chi connectivity index (χ4n) is 1.89. The van der Waals surface area contributed by atoms with Gasteiger partial charge >= 0.3 is 0 Å². The molecule has 0 saturated heterocycles. The van der Waals surface area contributed by atoms with E-state index in [1.807, 2.05) is 0 Å². The fraction of sp³-hybridized carbons (Fsp3) is 0.462. The van der Waals surface area contributed by atoms with Crippen LogP contribution in [-0.4, -0.2) is 56.1 Å². The van der Waals surface area contributed by atoms with Crippen molar-refractivity contribution in [1.82, 2.24) is 0 Å². The maximum atomic E-state index is 10.9. The summed E-state index contributed by atoms with van der Waals surface area (Å²) in [5.74, 6) is 0.440. The highest BCUT2D eigenvalue weighted by Gasteiger charge is 2.28. The second-order valence-electron chi connectivity index (χ2n) is 4.82. The molecule has 2 N–H and O–H groups in total. The Balaban J connectivity index is 2.10. The molecular formula is C13H17NO6S. The van der Waals surface area contributed by atoms with Crippen LogP contribution in [0.5, 0.6) is 5.75 Å². The number of aliphatic imine (C=N–C) groups is 1. The van der Waals surface area contributed by atoms with Gasteiger partial charge in [-0.2, -0.15) is 8.42 Å². The van der Waals surface area contributed by atoms with Crippen molar-refractivity contribution in [3.8, 4) is 5.75 Å². The largest absolute Gasteiger partial charge is 0.508 e. The summed E-state index contributed by atoms with van der Waals surface area (Å²) in [6.45, 7) is 1.48. The molecule has 2 rings (SSSR count). The van der Waals surface area contributed by atoms with E-state index in [9.17, 15) is 18.6 Å². The molecule has 1 heterocycles. The molecule has 116 valence electrons. The lowest BCUT2D eigenvalue weighted by Gasteiger charge is -2.12. The summed E-state index contributed by atoms with van der Waals surface area (Å²) < 4.78 is 31.7. The molecule has 1 aliphatic rings. The number of hydrogen-bond donors (Lipinski definition) is 2. The molecule has 1 aromatic carbocycles. The molecule has 0 aromatic heterocycles. The fourth-order valence-corrected chi connectivity index (χ4v) is 2.28. The number of phenols is 1. The molecule has 1 aromatic rings. The number of nitrogens with zero attached hydrogens (tertiary/aromatic N) is 1. The third-order valence-electron chi connectivity index (χ3n) is 3.11. The zero-order valence-electron chi connectivity index (χ0n) is 11.7. The predicted molar refractivity (Wildman–Crippen MR) is 75.9 cm³/mol. The van der Waals surface area contributed by atoms with E-state index in [0.717, 1.165) is 6.26 Å². The number of benzene rings is 1. The molecule has 0 radical (unpaired) electrons. The van der Waals surface area contributed by atoms with E-state index in [4.69, 9.17) is 4.74 Å². The van der Waals surface area contributed by atoms with E-state index >= 15 is 0 Å². The SMILES string of the molecule is Cc1c(O)cccc1C1=NC(C(O)COS(C)(=O)=O)CO1. The number of phenolic OH excluding ortho intramolecular Hbond substituents is 1. The number of aliphatic hydroxyl groups is 1. The van der Waals surface area contributed by atoms with Crippen LogP contribution >= 0.6 is 0 Å². The summed E-state index contributed by atoms with van der Waals surface area (Å²) in [5.41, 5.74) is 1.26. The van der Waals surface area contributed by atoms with E-state index in [1.54, 1.807) is 25.1 Å². The Bertz CT molecular complexity index is 655. The van der Waals surface area contributed by atoms with Crippen LogP contribution in [0.4, 0.5) is 0 Å². The van der Waals surface area contributed by atoms with E-state index < -0.39 is 22.3 Å². The maximum Gasteiger partial charge on any atom is 0.264 e. The Morgan fingerprint density at radius 1 is 1.52 bits per heavy atom. The molecule has 0 spiro atoms. The van der Waals surface area contributed by atoms with Crippen molar-refractivity contribution in [1.29, 1.82) is 0 Å². The molecule has 1 aliphatic heterocycles. The van der Waals surface area contributed by atoms with Crippen LogP contribution < -0.4 is 0 Å². The van der Waals surface area contributed by atoms with Crippen molar-refractivity contribution in [3.05, 3.63) is 29.3 Å². The molecule has 7 nitrogen and oxygen atoms in total. The molecule has 2 atom stereocenters. The van der Waals surface area contributed by atoms with Crippen LogP contribution in [0.1, 0.15) is 11.1 Å². The van der Waals surface area contributed by atoms with Crippen molar-refractivity contribution >= 4 is 16.0 Å². The summed E-state index contributed by atoms with van der Waals surface area (Å²) in [4.78, 5) is 4.22. The van der Waals surface area contributed by atoms with Gasteiger partial charge in [0.25, 0.3) is 10.1 Å². The first-order valence-electron chi connectivity index (χ1n) is 6.30. The normalized spacial score (nSPS) is 20.0. The zero-order valence-corrected chi connectivity index (χ0v) is 12.5. The van der Waals surface area contributed by atoms with Crippen molar-refractivity contribution < 1.29 is 27.6 Å². The molecule has 0 fully saturated rings. The van der Waals surface area contributed by atoms with Crippen LogP contribution in [-0.2, 0) is 19.0 Å². The van der Waals surface area contributed by atoms with Crippen molar-refractivity contribution in [3.63, 3.8) is 0 Å². The minimum absolute atomic E-state index is 0.124. The topological polar surface area (TPSA) is 105 Å². The first-order chi connectivity index (χ1) is 9.78. The zero-order chi connectivity index (χ0) is 15.6. The summed E-state index contributed by atoms with van der Waals surface area (Å²) >= 11 is 0. The average molecular weight is 315 g/mol. The van der Waals surface area contributed by atoms with Crippen molar-refractivity contribution in [2.24, 2.45) is 4.99 Å². The average Bonchev–Trinajstić information content (AvgIpc) is 2.88. The Labute approximate surface area is 123 Å². The van der Waals surface area contributed by atoms with Gasteiger partial charge in [0, 0.05) is 11.1 Å². The van der Waals surface area contributed by atoms with Crippen LogP contribution in [0.15, 0.2) is 23.2 Å². The van der Waals surface area contributed by atoms with Crippen LogP contribution in [0.2, 0.25) is 0 Å². The predicted octanol–water partition coefficient (Wildman–Crippen LogP) is 0.183. The summed E-state index contributed by atoms with van der Waals surface area (Å²) in [6.07, 6.45) is -0.176. The standard InChI is InChI=1S/C13H17NO6S/c1-8-9(4-3-5-11(8)15)13-14-10(6-19-13)12(16)7-20-21(2,17)18/h3-5,10,12,15-16H,6-7H2,1-2H3. The molecule has 8 heteroatoms. The van der Waals surface area contributed by atoms with E-state index in [0.29, 0.717) is 17.0 Å². The second kappa shape index (κ2) is 6.00. The Morgan fingerprint density at radius 3 is 2.90 bits per heavy atom. The lowest BCUT2D eigenvalue weighted by atomic mass is 10.1. The molecule has 21 heavy (non-hydrogen) atoms. The summed E-state index contributed by atoms with van der Waals surface area (Å²) in [6, 6.07) is 4.36. The Hall–Kier alpha value is -1.64. The van der Waals surface area contributed by atoms with Gasteiger partial charge in [-0.15, -0.1) is 0 Å². The molecular weight excluding hydrogens is 298 g/mol. The van der Waals surface area contributed by atoms with Crippen molar-refractivity contribution in [2.75, 3.05) is 19.5 Å². The van der Waals surface area contributed by atoms with Gasteiger partial charge in [-0.05, 0) is 19.1 Å². The molecule has 0 saturated carbocycles. The highest BCUT2D eigenvalue weighted by molar-refractivity contribution is 7.85. The highest BCUT2D eigenvalue weighted by atomic mass is 32.2. The van der Waals surface area contributed by atoms with Crippen LogP contribution in [0.25, 0.3) is 0 Å². The monoisotopic (exact) mass is 315 g/mol. The molecule has 0 aliphatic carbocycles. The van der Waals surface area contributed by atoms with Gasteiger partial charge < -0.3 is 14.9 Å². The van der Waals surface area contributed by atoms with Gasteiger partial charge in [0.15, 0.2) is 0 Å². The van der Waals surface area contributed by atoms with Gasteiger partial charge in [-0.3, -0.25) is 4.18 Å². The summed E-state index contributed by atoms with van der Waals surface area (Å²) in [7, 11) is -3.61. The first-order valence-corrected chi connectivity index (χ1v) is 8.11. The molecule has 2 unspecified atom stereocenters. The lowest BCUT2D eigenvalue weighted by Crippen LogP contribution is -2.31. The van der Waals surface area contributed by atoms with Gasteiger partial charge in [0.05, 0.1) is 12.9 Å². The number of hydrogen-bond acceptors (Lipinski definition) is 7. The summed E-state index contributed by atoms with van der Waals surface area (Å²) in [5, 5.41) is 19.5. The molecule has 0 amide bonds. The minimum Gasteiger partial charge on any atom is -0.508 e. The number of rotatable bonds is 5. The highest BCUT2D eigenvalue weighted by Crippen LogP contribution is 2.23.